The van der Waals surface area contributed by atoms with Gasteiger partial charge in [0.05, 0.1) is 0 Å². The lowest BCUT2D eigenvalue weighted by Crippen LogP contribution is -2.42. The molecule has 0 bridgehead atoms. The molecule has 5 heteroatoms. The number of rotatable bonds is 3. The standard InChI is InChI=1S/C18H17NO3S/c1-12-7-9-13(10-8-12)16(20)19-15(18(21)22)11-23-17(19)14-5-3-2-4-6-14/h2-10,15,17H,11H2,1H3,(H,21,22)/t15-,17+/m1/s1. The second-order valence-corrected chi connectivity index (χ2v) is 6.64. The molecule has 3 rings (SSSR count). The number of hydrogen-bond acceptors (Lipinski definition) is 3. The van der Waals surface area contributed by atoms with Crippen molar-refractivity contribution in [3.63, 3.8) is 0 Å². The topological polar surface area (TPSA) is 57.6 Å². The molecule has 1 N–H and O–H groups in total. The number of carboxylic acid groups (broad SMARTS) is 1. The van der Waals surface area contributed by atoms with E-state index in [-0.39, 0.29) is 11.3 Å². The van der Waals surface area contributed by atoms with Crippen molar-refractivity contribution in [3.8, 4) is 0 Å². The van der Waals surface area contributed by atoms with Gasteiger partial charge in [0, 0.05) is 11.3 Å². The number of aryl methyl sites for hydroxylation is 1. The first-order chi connectivity index (χ1) is 11.1. The Morgan fingerprint density at radius 2 is 1.74 bits per heavy atom. The number of amides is 1. The van der Waals surface area contributed by atoms with Crippen LogP contribution in [0, 0.1) is 6.92 Å². The second kappa shape index (κ2) is 6.46. The minimum absolute atomic E-state index is 0.240. The molecule has 0 saturated carbocycles. The quantitative estimate of drug-likeness (QED) is 0.939. The normalized spacial score (nSPS) is 20.5. The third kappa shape index (κ3) is 3.10. The van der Waals surface area contributed by atoms with Gasteiger partial charge in [0.2, 0.25) is 0 Å². The Bertz CT molecular complexity index is 715. The van der Waals surface area contributed by atoms with Crippen LogP contribution in [-0.2, 0) is 4.79 Å². The van der Waals surface area contributed by atoms with Gasteiger partial charge < -0.3 is 10.0 Å². The van der Waals surface area contributed by atoms with Gasteiger partial charge >= 0.3 is 5.97 Å². The maximum absolute atomic E-state index is 12.9. The average Bonchev–Trinajstić information content (AvgIpc) is 3.01. The van der Waals surface area contributed by atoms with Crippen LogP contribution in [0.4, 0.5) is 0 Å². The van der Waals surface area contributed by atoms with Crippen molar-refractivity contribution in [3.05, 3.63) is 71.3 Å². The molecule has 4 nitrogen and oxygen atoms in total. The lowest BCUT2D eigenvalue weighted by molar-refractivity contribution is -0.141. The summed E-state index contributed by atoms with van der Waals surface area (Å²) in [5.74, 6) is -0.806. The molecular weight excluding hydrogens is 310 g/mol. The van der Waals surface area contributed by atoms with E-state index < -0.39 is 12.0 Å². The highest BCUT2D eigenvalue weighted by atomic mass is 32.2. The van der Waals surface area contributed by atoms with Crippen LogP contribution in [0.5, 0.6) is 0 Å². The summed E-state index contributed by atoms with van der Waals surface area (Å²) in [4.78, 5) is 26.0. The Balaban J connectivity index is 1.97. The molecule has 1 aliphatic rings. The molecule has 0 spiro atoms. The molecule has 0 aliphatic carbocycles. The van der Waals surface area contributed by atoms with Crippen molar-refractivity contribution < 1.29 is 14.7 Å². The van der Waals surface area contributed by atoms with Gasteiger partial charge in [0.15, 0.2) is 0 Å². The fourth-order valence-corrected chi connectivity index (χ4v) is 4.08. The summed E-state index contributed by atoms with van der Waals surface area (Å²) in [6.07, 6.45) is 0. The fraction of sp³-hybridized carbons (Fsp3) is 0.222. The Morgan fingerprint density at radius 1 is 1.09 bits per heavy atom. The maximum Gasteiger partial charge on any atom is 0.327 e. The number of carboxylic acids is 1. The summed E-state index contributed by atoms with van der Waals surface area (Å²) in [6, 6.07) is 16.0. The zero-order valence-corrected chi connectivity index (χ0v) is 13.5. The van der Waals surface area contributed by atoms with Gasteiger partial charge in [0.25, 0.3) is 5.91 Å². The molecule has 1 saturated heterocycles. The van der Waals surface area contributed by atoms with Crippen LogP contribution in [0.25, 0.3) is 0 Å². The van der Waals surface area contributed by atoms with E-state index in [4.69, 9.17) is 0 Å². The molecule has 0 unspecified atom stereocenters. The van der Waals surface area contributed by atoms with E-state index in [0.717, 1.165) is 11.1 Å². The Morgan fingerprint density at radius 3 is 2.35 bits per heavy atom. The molecule has 0 aromatic heterocycles. The average molecular weight is 327 g/mol. The molecule has 118 valence electrons. The van der Waals surface area contributed by atoms with Crippen molar-refractivity contribution >= 4 is 23.6 Å². The number of benzene rings is 2. The van der Waals surface area contributed by atoms with Crippen molar-refractivity contribution in [2.24, 2.45) is 0 Å². The lowest BCUT2D eigenvalue weighted by Gasteiger charge is -2.27. The third-order valence-electron chi connectivity index (χ3n) is 3.90. The van der Waals surface area contributed by atoms with E-state index in [1.807, 2.05) is 49.4 Å². The first-order valence-electron chi connectivity index (χ1n) is 7.36. The van der Waals surface area contributed by atoms with E-state index in [1.54, 1.807) is 12.1 Å². The number of carbonyl (C=O) groups is 2. The predicted octanol–water partition coefficient (Wildman–Crippen LogP) is 3.34. The highest BCUT2D eigenvalue weighted by Gasteiger charge is 2.42. The predicted molar refractivity (Wildman–Crippen MR) is 90.4 cm³/mol. The van der Waals surface area contributed by atoms with E-state index in [2.05, 4.69) is 0 Å². The van der Waals surface area contributed by atoms with Crippen LogP contribution >= 0.6 is 11.8 Å². The van der Waals surface area contributed by atoms with E-state index >= 15 is 0 Å². The van der Waals surface area contributed by atoms with Gasteiger partial charge in [-0.25, -0.2) is 4.79 Å². The highest BCUT2D eigenvalue weighted by molar-refractivity contribution is 7.99. The summed E-state index contributed by atoms with van der Waals surface area (Å²) in [6.45, 7) is 1.95. The molecule has 23 heavy (non-hydrogen) atoms. The monoisotopic (exact) mass is 327 g/mol. The highest BCUT2D eigenvalue weighted by Crippen LogP contribution is 2.42. The molecule has 2 atom stereocenters. The lowest BCUT2D eigenvalue weighted by atomic mass is 10.1. The number of thioether (sulfide) groups is 1. The van der Waals surface area contributed by atoms with Crippen LogP contribution in [0.3, 0.4) is 0 Å². The van der Waals surface area contributed by atoms with Crippen LogP contribution in [-0.4, -0.2) is 33.7 Å². The first kappa shape index (κ1) is 15.6. The molecule has 1 heterocycles. The number of carbonyl (C=O) groups excluding carboxylic acids is 1. The van der Waals surface area contributed by atoms with Crippen molar-refractivity contribution in [1.29, 1.82) is 0 Å². The summed E-state index contributed by atoms with van der Waals surface area (Å²) >= 11 is 1.49. The second-order valence-electron chi connectivity index (χ2n) is 5.53. The summed E-state index contributed by atoms with van der Waals surface area (Å²) < 4.78 is 0. The largest absolute Gasteiger partial charge is 0.480 e. The van der Waals surface area contributed by atoms with Gasteiger partial charge in [-0.1, -0.05) is 48.0 Å². The van der Waals surface area contributed by atoms with Gasteiger partial charge in [0.1, 0.15) is 11.4 Å². The van der Waals surface area contributed by atoms with Crippen LogP contribution in [0.1, 0.15) is 26.9 Å². The minimum Gasteiger partial charge on any atom is -0.480 e. The molecule has 1 fully saturated rings. The summed E-state index contributed by atoms with van der Waals surface area (Å²) in [7, 11) is 0. The van der Waals surface area contributed by atoms with Crippen LogP contribution in [0.2, 0.25) is 0 Å². The SMILES string of the molecule is Cc1ccc(C(=O)N2[C@@H](C(=O)O)CS[C@H]2c2ccccc2)cc1. The van der Waals surface area contributed by atoms with Gasteiger partial charge in [-0.05, 0) is 24.6 Å². The fourth-order valence-electron chi connectivity index (χ4n) is 2.66. The zero-order valence-electron chi connectivity index (χ0n) is 12.7. The van der Waals surface area contributed by atoms with E-state index in [1.165, 1.54) is 16.7 Å². The molecule has 2 aromatic rings. The van der Waals surface area contributed by atoms with Crippen LogP contribution < -0.4 is 0 Å². The molecule has 1 amide bonds. The van der Waals surface area contributed by atoms with Crippen LogP contribution in [0.15, 0.2) is 54.6 Å². The maximum atomic E-state index is 12.9. The van der Waals surface area contributed by atoms with Gasteiger partial charge in [-0.2, -0.15) is 0 Å². The summed E-state index contributed by atoms with van der Waals surface area (Å²) in [5.41, 5.74) is 2.53. The Labute approximate surface area is 139 Å². The number of nitrogens with zero attached hydrogens (tertiary/aromatic N) is 1. The zero-order chi connectivity index (χ0) is 16.4. The molecule has 1 aliphatic heterocycles. The number of aliphatic carboxylic acids is 1. The van der Waals surface area contributed by atoms with Crippen molar-refractivity contribution in [1.82, 2.24) is 4.90 Å². The Kier molecular flexibility index (Phi) is 4.39. The van der Waals surface area contributed by atoms with E-state index in [0.29, 0.717) is 11.3 Å². The number of hydrogen-bond donors (Lipinski definition) is 1. The molecular formula is C18H17NO3S. The smallest absolute Gasteiger partial charge is 0.327 e. The summed E-state index contributed by atoms with van der Waals surface area (Å²) in [5, 5.41) is 9.21. The van der Waals surface area contributed by atoms with E-state index in [9.17, 15) is 14.7 Å². The molecule has 0 radical (unpaired) electrons. The van der Waals surface area contributed by atoms with Gasteiger partial charge in [-0.15, -0.1) is 11.8 Å². The third-order valence-corrected chi connectivity index (χ3v) is 5.23. The first-order valence-corrected chi connectivity index (χ1v) is 8.41. The minimum atomic E-state index is -0.962. The molecule has 2 aromatic carbocycles. The van der Waals surface area contributed by atoms with Crippen molar-refractivity contribution in [2.45, 2.75) is 18.3 Å². The van der Waals surface area contributed by atoms with Crippen molar-refractivity contribution in [2.75, 3.05) is 5.75 Å². The Hall–Kier alpha value is -2.27. The van der Waals surface area contributed by atoms with Gasteiger partial charge in [-0.3, -0.25) is 4.79 Å².